The monoisotopic (exact) mass is 859 g/mol. The number of fused-ring (bicyclic) bond motifs is 12. The minimum absolute atomic E-state index is 0.0868. The van der Waals surface area contributed by atoms with Crippen molar-refractivity contribution in [3.8, 4) is 33.4 Å². The predicted molar refractivity (Wildman–Crippen MR) is 274 cm³/mol. The predicted octanol–water partition coefficient (Wildman–Crippen LogP) is 16.8. The molecular formula is C65H49NO. The fraction of sp³-hybridized carbons (Fsp3) is 0.169. The molecule has 4 bridgehead atoms. The van der Waals surface area contributed by atoms with E-state index in [1.807, 2.05) is 0 Å². The van der Waals surface area contributed by atoms with Crippen LogP contribution in [0.2, 0.25) is 0 Å². The van der Waals surface area contributed by atoms with Gasteiger partial charge in [-0.1, -0.05) is 176 Å². The standard InChI is InChI=1S/C65H49NO/c1-2-16-43(17-3-1)49-20-6-12-30-61(49)66(47-19-14-18-44(39-47)50-24-15-25-54-53-23-7-13-31-62(53)67-63(50)54)48-32-33-59-60(40-48)64(45-35-41-34-42(37-45)38-46(64)36-41)57-28-10-11-29-58(57)65(59)55-26-8-4-21-51(55)52-22-5-9-27-56(52)65/h1-33,39-42,45-46H,34-38H2. The Morgan fingerprint density at radius 1 is 0.373 bits per heavy atom. The van der Waals surface area contributed by atoms with Crippen LogP contribution in [-0.4, -0.2) is 0 Å². The lowest BCUT2D eigenvalue weighted by molar-refractivity contribution is -0.0440. The Labute approximate surface area is 392 Å². The Hall–Kier alpha value is -7.42. The zero-order valence-corrected chi connectivity index (χ0v) is 37.4. The second-order valence-corrected chi connectivity index (χ2v) is 20.3. The van der Waals surface area contributed by atoms with Gasteiger partial charge in [0.1, 0.15) is 11.2 Å². The maximum atomic E-state index is 6.67. The molecule has 10 aromatic rings. The highest BCUT2D eigenvalue weighted by atomic mass is 16.3. The minimum Gasteiger partial charge on any atom is -0.455 e. The van der Waals surface area contributed by atoms with E-state index in [1.165, 1.54) is 82.3 Å². The van der Waals surface area contributed by atoms with Gasteiger partial charge >= 0.3 is 0 Å². The average Bonchev–Trinajstić information content (AvgIpc) is 3.91. The minimum atomic E-state index is -0.435. The molecule has 4 saturated carbocycles. The number of rotatable bonds is 5. The van der Waals surface area contributed by atoms with Gasteiger partial charge in [0, 0.05) is 38.7 Å². The van der Waals surface area contributed by atoms with Gasteiger partial charge in [-0.2, -0.15) is 0 Å². The Balaban J connectivity index is 1.02. The van der Waals surface area contributed by atoms with E-state index >= 15 is 0 Å². The van der Waals surface area contributed by atoms with E-state index < -0.39 is 5.41 Å². The molecule has 320 valence electrons. The van der Waals surface area contributed by atoms with Gasteiger partial charge in [-0.15, -0.1) is 0 Å². The fourth-order valence-electron chi connectivity index (χ4n) is 15.2. The molecule has 0 aliphatic heterocycles. The highest BCUT2D eigenvalue weighted by molar-refractivity contribution is 6.09. The van der Waals surface area contributed by atoms with Gasteiger partial charge in [-0.25, -0.2) is 0 Å². The van der Waals surface area contributed by atoms with Crippen LogP contribution in [0.25, 0.3) is 55.3 Å². The lowest BCUT2D eigenvalue weighted by Gasteiger charge is -2.65. The topological polar surface area (TPSA) is 16.4 Å². The molecule has 67 heavy (non-hydrogen) atoms. The first kappa shape index (κ1) is 37.8. The van der Waals surface area contributed by atoms with Crippen LogP contribution in [0.5, 0.6) is 0 Å². The van der Waals surface area contributed by atoms with Crippen LogP contribution in [0, 0.1) is 23.7 Å². The molecule has 9 aromatic carbocycles. The van der Waals surface area contributed by atoms with Crippen LogP contribution >= 0.6 is 0 Å². The second kappa shape index (κ2) is 14.0. The molecule has 2 heteroatoms. The first-order valence-corrected chi connectivity index (χ1v) is 24.6. The Morgan fingerprint density at radius 2 is 0.925 bits per heavy atom. The lowest BCUT2D eigenvalue weighted by atomic mass is 9.38. The molecular weight excluding hydrogens is 811 g/mol. The Kier molecular flexibility index (Phi) is 7.92. The summed E-state index contributed by atoms with van der Waals surface area (Å²) in [6, 6.07) is 80.3. The van der Waals surface area contributed by atoms with Crippen LogP contribution in [0.15, 0.2) is 217 Å². The van der Waals surface area contributed by atoms with Crippen LogP contribution < -0.4 is 4.90 Å². The SMILES string of the molecule is c1ccc(-c2ccccc2N(c2cccc(-c3cccc4c3oc3ccccc34)c2)c2ccc3c(c2)C2(c4ccccc4C34c3ccccc3-c3ccccc34)C3CC4CC(C3)CC2C4)cc1. The summed E-state index contributed by atoms with van der Waals surface area (Å²) < 4.78 is 6.67. The maximum absolute atomic E-state index is 6.67. The van der Waals surface area contributed by atoms with E-state index in [1.54, 1.807) is 11.1 Å². The quantitative estimate of drug-likeness (QED) is 0.171. The molecule has 1 heterocycles. The lowest BCUT2D eigenvalue weighted by Crippen LogP contribution is -2.59. The van der Waals surface area contributed by atoms with Gasteiger partial charge in [0.25, 0.3) is 0 Å². The summed E-state index contributed by atoms with van der Waals surface area (Å²) in [6.45, 7) is 0. The molecule has 0 unspecified atom stereocenters. The first-order chi connectivity index (χ1) is 33.2. The summed E-state index contributed by atoms with van der Waals surface area (Å²) in [4.78, 5) is 2.57. The van der Waals surface area contributed by atoms with Crippen LogP contribution in [0.4, 0.5) is 17.1 Å². The number of hydrogen-bond acceptors (Lipinski definition) is 2. The van der Waals surface area contributed by atoms with Crippen LogP contribution in [-0.2, 0) is 10.8 Å². The van der Waals surface area contributed by atoms with E-state index in [0.717, 1.165) is 56.3 Å². The zero-order chi connectivity index (χ0) is 43.8. The number of anilines is 3. The number of hydrogen-bond donors (Lipinski definition) is 0. The van der Waals surface area contributed by atoms with Crippen molar-refractivity contribution in [3.63, 3.8) is 0 Å². The molecule has 2 spiro atoms. The summed E-state index contributed by atoms with van der Waals surface area (Å²) >= 11 is 0. The highest BCUT2D eigenvalue weighted by Gasteiger charge is 2.64. The third-order valence-corrected chi connectivity index (χ3v) is 17.3. The van der Waals surface area contributed by atoms with Crippen molar-refractivity contribution in [1.82, 2.24) is 0 Å². The molecule has 0 amide bonds. The zero-order valence-electron chi connectivity index (χ0n) is 37.4. The summed E-state index contributed by atoms with van der Waals surface area (Å²) in [5.74, 6) is 2.87. The summed E-state index contributed by atoms with van der Waals surface area (Å²) in [5.41, 5.74) is 21.1. The molecule has 0 radical (unpaired) electrons. The van der Waals surface area contributed by atoms with Crippen molar-refractivity contribution >= 4 is 39.0 Å². The van der Waals surface area contributed by atoms with Gasteiger partial charge < -0.3 is 9.32 Å². The van der Waals surface area contributed by atoms with Gasteiger partial charge in [-0.3, -0.25) is 0 Å². The molecule has 0 atom stereocenters. The molecule has 6 aliphatic carbocycles. The molecule has 2 nitrogen and oxygen atoms in total. The van der Waals surface area contributed by atoms with Gasteiger partial charge in [0.2, 0.25) is 0 Å². The summed E-state index contributed by atoms with van der Waals surface area (Å²) in [6.07, 6.45) is 6.70. The van der Waals surface area contributed by atoms with Crippen molar-refractivity contribution in [2.45, 2.75) is 42.9 Å². The van der Waals surface area contributed by atoms with E-state index in [9.17, 15) is 0 Å². The number of benzene rings is 9. The van der Waals surface area contributed by atoms with Crippen molar-refractivity contribution in [2.75, 3.05) is 4.90 Å². The second-order valence-electron chi connectivity index (χ2n) is 20.3. The van der Waals surface area contributed by atoms with Crippen LogP contribution in [0.1, 0.15) is 65.5 Å². The molecule has 0 N–H and O–H groups in total. The summed E-state index contributed by atoms with van der Waals surface area (Å²) in [5, 5.41) is 2.29. The van der Waals surface area contributed by atoms with E-state index in [2.05, 4.69) is 217 Å². The Morgan fingerprint density at radius 3 is 1.69 bits per heavy atom. The van der Waals surface area contributed by atoms with Crippen molar-refractivity contribution in [1.29, 1.82) is 0 Å². The van der Waals surface area contributed by atoms with Crippen LogP contribution in [0.3, 0.4) is 0 Å². The van der Waals surface area contributed by atoms with Gasteiger partial charge in [-0.05, 0) is 148 Å². The molecule has 16 rings (SSSR count). The van der Waals surface area contributed by atoms with Crippen molar-refractivity contribution in [3.05, 3.63) is 246 Å². The van der Waals surface area contributed by atoms with E-state index in [-0.39, 0.29) is 5.41 Å². The normalized spacial score (nSPS) is 22.2. The smallest absolute Gasteiger partial charge is 0.143 e. The van der Waals surface area contributed by atoms with E-state index in [0.29, 0.717) is 11.8 Å². The number of furan rings is 1. The third kappa shape index (κ3) is 5.06. The fourth-order valence-corrected chi connectivity index (χ4v) is 15.2. The number of para-hydroxylation sites is 3. The maximum Gasteiger partial charge on any atom is 0.143 e. The third-order valence-electron chi connectivity index (χ3n) is 17.3. The van der Waals surface area contributed by atoms with Crippen molar-refractivity contribution < 1.29 is 4.42 Å². The average molecular weight is 860 g/mol. The molecule has 1 aromatic heterocycles. The van der Waals surface area contributed by atoms with E-state index in [4.69, 9.17) is 4.42 Å². The molecule has 0 saturated heterocycles. The first-order valence-electron chi connectivity index (χ1n) is 24.6. The Bertz CT molecular complexity index is 3560. The largest absolute Gasteiger partial charge is 0.455 e. The molecule has 6 aliphatic rings. The highest BCUT2D eigenvalue weighted by Crippen LogP contribution is 2.72. The van der Waals surface area contributed by atoms with Gasteiger partial charge in [0.05, 0.1) is 11.1 Å². The van der Waals surface area contributed by atoms with Crippen molar-refractivity contribution in [2.24, 2.45) is 23.7 Å². The summed E-state index contributed by atoms with van der Waals surface area (Å²) in [7, 11) is 0. The molecule has 4 fully saturated rings. The number of nitrogens with zero attached hydrogens (tertiary/aromatic N) is 1. The van der Waals surface area contributed by atoms with Gasteiger partial charge in [0.15, 0.2) is 0 Å².